The van der Waals surface area contributed by atoms with Crippen LogP contribution in [0.2, 0.25) is 0 Å². The van der Waals surface area contributed by atoms with Crippen LogP contribution in [0.1, 0.15) is 16.1 Å². The highest BCUT2D eigenvalue weighted by molar-refractivity contribution is 6.17. The van der Waals surface area contributed by atoms with E-state index in [9.17, 15) is 4.79 Å². The Morgan fingerprint density at radius 1 is 1.41 bits per heavy atom. The summed E-state index contributed by atoms with van der Waals surface area (Å²) < 4.78 is 1.53. The van der Waals surface area contributed by atoms with Crippen LogP contribution < -0.4 is 5.32 Å². The first kappa shape index (κ1) is 11.7. The Kier molecular flexibility index (Phi) is 3.44. The van der Waals surface area contributed by atoms with Crippen LogP contribution in [0.5, 0.6) is 0 Å². The van der Waals surface area contributed by atoms with Crippen LogP contribution in [-0.2, 0) is 12.9 Å². The van der Waals surface area contributed by atoms with Gasteiger partial charge >= 0.3 is 0 Å². The summed E-state index contributed by atoms with van der Waals surface area (Å²) in [4.78, 5) is 11.9. The summed E-state index contributed by atoms with van der Waals surface area (Å²) in [6, 6.07) is 9.11. The Bertz CT molecular complexity index is 536. The summed E-state index contributed by atoms with van der Waals surface area (Å²) in [5.74, 6) is 0.171. The summed E-state index contributed by atoms with van der Waals surface area (Å²) in [6.45, 7) is 0. The second-order valence-corrected chi connectivity index (χ2v) is 3.85. The number of halogens is 1. The summed E-state index contributed by atoms with van der Waals surface area (Å²) in [5.41, 5.74) is 2.13. The zero-order valence-corrected chi connectivity index (χ0v) is 10.1. The van der Waals surface area contributed by atoms with E-state index < -0.39 is 0 Å². The topological polar surface area (TPSA) is 46.9 Å². The van der Waals surface area contributed by atoms with Crippen LogP contribution in [0.25, 0.3) is 0 Å². The minimum Gasteiger partial charge on any atom is -0.320 e. The summed E-state index contributed by atoms with van der Waals surface area (Å²) in [7, 11) is 1.72. The van der Waals surface area contributed by atoms with Crippen molar-refractivity contribution in [2.45, 2.75) is 5.88 Å². The number of hydrogen-bond acceptors (Lipinski definition) is 2. The van der Waals surface area contributed by atoms with E-state index in [0.717, 1.165) is 11.3 Å². The molecule has 0 saturated heterocycles. The van der Waals surface area contributed by atoms with Gasteiger partial charge in [0.2, 0.25) is 0 Å². The largest absolute Gasteiger partial charge is 0.320 e. The van der Waals surface area contributed by atoms with Crippen molar-refractivity contribution in [2.24, 2.45) is 7.05 Å². The smallest absolute Gasteiger partial charge is 0.273 e. The molecule has 2 rings (SSSR count). The van der Waals surface area contributed by atoms with E-state index in [0.29, 0.717) is 11.6 Å². The number of carbonyl (C=O) groups excluding carboxylic acids is 1. The van der Waals surface area contributed by atoms with Gasteiger partial charge in [-0.15, -0.1) is 11.6 Å². The third-order valence-corrected chi connectivity index (χ3v) is 2.75. The number of aryl methyl sites for hydroxylation is 1. The van der Waals surface area contributed by atoms with Gasteiger partial charge in [0.25, 0.3) is 5.91 Å². The molecule has 0 aliphatic rings. The monoisotopic (exact) mass is 249 g/mol. The zero-order chi connectivity index (χ0) is 12.3. The standard InChI is InChI=1S/C12H12ClN3O/c1-16-11(6-7-14-16)12(17)15-10-5-3-2-4-9(10)8-13/h2-7H,8H2,1H3,(H,15,17). The van der Waals surface area contributed by atoms with Gasteiger partial charge in [0.1, 0.15) is 5.69 Å². The molecule has 1 aromatic carbocycles. The van der Waals surface area contributed by atoms with Gasteiger partial charge in [-0.05, 0) is 17.7 Å². The number of aromatic nitrogens is 2. The lowest BCUT2D eigenvalue weighted by molar-refractivity contribution is 0.101. The van der Waals surface area contributed by atoms with E-state index in [2.05, 4.69) is 10.4 Å². The highest BCUT2D eigenvalue weighted by atomic mass is 35.5. The van der Waals surface area contributed by atoms with Gasteiger partial charge in [0.15, 0.2) is 0 Å². The lowest BCUT2D eigenvalue weighted by Gasteiger charge is -2.08. The molecular weight excluding hydrogens is 238 g/mol. The Balaban J connectivity index is 2.22. The predicted molar refractivity (Wildman–Crippen MR) is 67.2 cm³/mol. The summed E-state index contributed by atoms with van der Waals surface area (Å²) in [5, 5.41) is 6.77. The normalized spacial score (nSPS) is 10.2. The molecule has 1 aromatic heterocycles. The zero-order valence-electron chi connectivity index (χ0n) is 9.35. The molecule has 0 bridgehead atoms. The summed E-state index contributed by atoms with van der Waals surface area (Å²) in [6.07, 6.45) is 1.59. The van der Waals surface area contributed by atoms with Gasteiger partial charge in [0.05, 0.1) is 0 Å². The maximum atomic E-state index is 11.9. The molecule has 5 heteroatoms. The Labute approximate surface area is 104 Å². The number of para-hydroxylation sites is 1. The number of carbonyl (C=O) groups is 1. The number of rotatable bonds is 3. The van der Waals surface area contributed by atoms with Gasteiger partial charge in [-0.1, -0.05) is 18.2 Å². The lowest BCUT2D eigenvalue weighted by Crippen LogP contribution is -2.16. The predicted octanol–water partition coefficient (Wildman–Crippen LogP) is 2.41. The fourth-order valence-electron chi connectivity index (χ4n) is 1.54. The van der Waals surface area contributed by atoms with Crippen molar-refractivity contribution in [3.8, 4) is 0 Å². The van der Waals surface area contributed by atoms with Crippen molar-refractivity contribution in [1.82, 2.24) is 9.78 Å². The fraction of sp³-hybridized carbons (Fsp3) is 0.167. The van der Waals surface area contributed by atoms with E-state index >= 15 is 0 Å². The van der Waals surface area contributed by atoms with Gasteiger partial charge in [-0.2, -0.15) is 5.10 Å². The first-order chi connectivity index (χ1) is 8.22. The average Bonchev–Trinajstić information content (AvgIpc) is 2.76. The molecule has 0 fully saturated rings. The van der Waals surface area contributed by atoms with Crippen LogP contribution in [0.3, 0.4) is 0 Å². The number of amides is 1. The average molecular weight is 250 g/mol. The van der Waals surface area contributed by atoms with Crippen LogP contribution in [0.4, 0.5) is 5.69 Å². The van der Waals surface area contributed by atoms with E-state index in [4.69, 9.17) is 11.6 Å². The molecule has 4 nitrogen and oxygen atoms in total. The van der Waals surface area contributed by atoms with E-state index in [-0.39, 0.29) is 5.91 Å². The van der Waals surface area contributed by atoms with Crippen molar-refractivity contribution in [3.05, 3.63) is 47.8 Å². The number of benzene rings is 1. The number of anilines is 1. The molecule has 1 N–H and O–H groups in total. The van der Waals surface area contributed by atoms with Crippen LogP contribution in [0, 0.1) is 0 Å². The molecule has 0 aliphatic heterocycles. The van der Waals surface area contributed by atoms with Crippen LogP contribution >= 0.6 is 11.6 Å². The van der Waals surface area contributed by atoms with E-state index in [1.807, 2.05) is 24.3 Å². The van der Waals surface area contributed by atoms with Gasteiger partial charge in [0, 0.05) is 24.8 Å². The lowest BCUT2D eigenvalue weighted by atomic mass is 10.2. The number of hydrogen-bond donors (Lipinski definition) is 1. The molecule has 2 aromatic rings. The van der Waals surface area contributed by atoms with Crippen LogP contribution in [-0.4, -0.2) is 15.7 Å². The molecular formula is C12H12ClN3O. The Morgan fingerprint density at radius 3 is 2.82 bits per heavy atom. The van der Waals surface area contributed by atoms with Gasteiger partial charge in [-0.3, -0.25) is 9.48 Å². The first-order valence-electron chi connectivity index (χ1n) is 5.15. The van der Waals surface area contributed by atoms with Crippen molar-refractivity contribution < 1.29 is 4.79 Å². The van der Waals surface area contributed by atoms with Crippen molar-refractivity contribution in [1.29, 1.82) is 0 Å². The molecule has 0 atom stereocenters. The minimum atomic E-state index is -0.192. The van der Waals surface area contributed by atoms with Gasteiger partial charge in [-0.25, -0.2) is 0 Å². The molecule has 17 heavy (non-hydrogen) atoms. The Morgan fingerprint density at radius 2 is 2.18 bits per heavy atom. The van der Waals surface area contributed by atoms with Gasteiger partial charge < -0.3 is 5.32 Å². The third kappa shape index (κ3) is 2.47. The number of nitrogens with one attached hydrogen (secondary N) is 1. The first-order valence-corrected chi connectivity index (χ1v) is 5.69. The fourth-order valence-corrected chi connectivity index (χ4v) is 1.77. The molecule has 88 valence electrons. The highest BCUT2D eigenvalue weighted by Crippen LogP contribution is 2.17. The maximum absolute atomic E-state index is 11.9. The molecule has 0 radical (unpaired) electrons. The maximum Gasteiger partial charge on any atom is 0.273 e. The molecule has 0 unspecified atom stereocenters. The molecule has 0 aliphatic carbocycles. The number of alkyl halides is 1. The second-order valence-electron chi connectivity index (χ2n) is 3.58. The van der Waals surface area contributed by atoms with Crippen molar-refractivity contribution >= 4 is 23.2 Å². The number of nitrogens with zero attached hydrogens (tertiary/aromatic N) is 2. The highest BCUT2D eigenvalue weighted by Gasteiger charge is 2.11. The van der Waals surface area contributed by atoms with Crippen molar-refractivity contribution in [2.75, 3.05) is 5.32 Å². The molecule has 0 spiro atoms. The van der Waals surface area contributed by atoms with E-state index in [1.54, 1.807) is 19.3 Å². The Hall–Kier alpha value is -1.81. The SMILES string of the molecule is Cn1nccc1C(=O)Nc1ccccc1CCl. The van der Waals surface area contributed by atoms with Crippen molar-refractivity contribution in [3.63, 3.8) is 0 Å². The quantitative estimate of drug-likeness (QED) is 0.850. The molecule has 0 saturated carbocycles. The third-order valence-electron chi connectivity index (χ3n) is 2.46. The molecule has 1 heterocycles. The van der Waals surface area contributed by atoms with Crippen LogP contribution in [0.15, 0.2) is 36.5 Å². The second kappa shape index (κ2) is 5.01. The molecule has 1 amide bonds. The summed E-state index contributed by atoms with van der Waals surface area (Å²) >= 11 is 5.80. The van der Waals surface area contributed by atoms with E-state index in [1.165, 1.54) is 4.68 Å². The minimum absolute atomic E-state index is 0.192.